The van der Waals surface area contributed by atoms with Crippen molar-refractivity contribution in [3.63, 3.8) is 0 Å². The molecule has 13 heavy (non-hydrogen) atoms. The van der Waals surface area contributed by atoms with E-state index < -0.39 is 0 Å². The van der Waals surface area contributed by atoms with E-state index >= 15 is 0 Å². The molecule has 0 spiro atoms. The van der Waals surface area contributed by atoms with E-state index in [1.807, 2.05) is 24.3 Å². The van der Waals surface area contributed by atoms with Crippen LogP contribution < -0.4 is 0 Å². The van der Waals surface area contributed by atoms with Crippen LogP contribution in [0, 0.1) is 0 Å². The van der Waals surface area contributed by atoms with Gasteiger partial charge in [-0.1, -0.05) is 30.3 Å². The Morgan fingerprint density at radius 2 is 1.62 bits per heavy atom. The lowest BCUT2D eigenvalue weighted by molar-refractivity contribution is 0.283. The summed E-state index contributed by atoms with van der Waals surface area (Å²) in [6.07, 6.45) is 0. The maximum atomic E-state index is 9.51. The summed E-state index contributed by atoms with van der Waals surface area (Å²) in [5, 5.41) is 20.2. The summed E-state index contributed by atoms with van der Waals surface area (Å²) < 4.78 is 0. The highest BCUT2D eigenvalue weighted by atomic mass is 16.3. The first-order valence-electron chi connectivity index (χ1n) is 4.13. The Morgan fingerprint density at radius 3 is 2.38 bits per heavy atom. The van der Waals surface area contributed by atoms with Gasteiger partial charge in [-0.05, 0) is 17.0 Å². The van der Waals surface area contributed by atoms with Crippen LogP contribution in [0.25, 0.3) is 10.8 Å². The van der Waals surface area contributed by atoms with Crippen molar-refractivity contribution < 1.29 is 10.2 Å². The molecular formula is C11H10O2. The molecule has 2 nitrogen and oxygen atoms in total. The molecule has 0 aliphatic rings. The third kappa shape index (κ3) is 1.25. The predicted octanol–water partition coefficient (Wildman–Crippen LogP) is 2.04. The molecule has 0 heterocycles. The zero-order chi connectivity index (χ0) is 9.26. The molecule has 0 saturated carbocycles. The van der Waals surface area contributed by atoms with E-state index in [2.05, 4.69) is 0 Å². The molecule has 2 rings (SSSR count). The fourth-order valence-corrected chi connectivity index (χ4v) is 1.50. The summed E-state index contributed by atoms with van der Waals surface area (Å²) in [7, 11) is 0. The molecule has 2 heteroatoms. The van der Waals surface area contributed by atoms with Gasteiger partial charge in [0.1, 0.15) is 5.75 Å². The Morgan fingerprint density at radius 1 is 0.923 bits per heavy atom. The molecule has 0 fully saturated rings. The van der Waals surface area contributed by atoms with Crippen LogP contribution in [0.4, 0.5) is 0 Å². The van der Waals surface area contributed by atoms with Crippen LogP contribution in [-0.2, 0) is 6.61 Å². The van der Waals surface area contributed by atoms with Crippen molar-refractivity contribution in [3.8, 4) is 5.75 Å². The fourth-order valence-electron chi connectivity index (χ4n) is 1.50. The van der Waals surface area contributed by atoms with Gasteiger partial charge in [-0.2, -0.15) is 0 Å². The van der Waals surface area contributed by atoms with Gasteiger partial charge in [0.05, 0.1) is 6.61 Å². The number of rotatable bonds is 1. The quantitative estimate of drug-likeness (QED) is 0.694. The number of aliphatic hydroxyl groups is 1. The van der Waals surface area contributed by atoms with Gasteiger partial charge in [-0.3, -0.25) is 0 Å². The molecule has 0 aromatic heterocycles. The molecule has 0 bridgehead atoms. The van der Waals surface area contributed by atoms with E-state index in [4.69, 9.17) is 5.11 Å². The first-order chi connectivity index (χ1) is 6.33. The summed E-state index contributed by atoms with van der Waals surface area (Å²) in [5.41, 5.74) is 0.841. The van der Waals surface area contributed by atoms with Gasteiger partial charge in [0, 0.05) is 5.39 Å². The molecule has 0 atom stereocenters. The molecule has 0 saturated heterocycles. The summed E-state index contributed by atoms with van der Waals surface area (Å²) in [4.78, 5) is 0. The van der Waals surface area contributed by atoms with Crippen LogP contribution >= 0.6 is 0 Å². The fraction of sp³-hybridized carbons (Fsp3) is 0.0909. The second-order valence-corrected chi connectivity index (χ2v) is 2.95. The summed E-state index contributed by atoms with van der Waals surface area (Å²) in [6, 6.07) is 10.8. The zero-order valence-electron chi connectivity index (χ0n) is 7.07. The van der Waals surface area contributed by atoms with Crippen molar-refractivity contribution in [1.29, 1.82) is 0 Å². The van der Waals surface area contributed by atoms with Crippen LogP contribution in [0.3, 0.4) is 0 Å². The van der Waals surface area contributed by atoms with Crippen molar-refractivity contribution >= 4 is 10.8 Å². The maximum Gasteiger partial charge on any atom is 0.123 e. The second-order valence-electron chi connectivity index (χ2n) is 2.95. The second kappa shape index (κ2) is 3.07. The first-order valence-corrected chi connectivity index (χ1v) is 4.13. The van der Waals surface area contributed by atoms with Gasteiger partial charge in [-0.15, -0.1) is 0 Å². The monoisotopic (exact) mass is 174 g/mol. The summed E-state index contributed by atoms with van der Waals surface area (Å²) in [5.74, 6) is 0.257. The van der Waals surface area contributed by atoms with Crippen molar-refractivity contribution in [2.24, 2.45) is 0 Å². The number of phenols is 1. The summed E-state index contributed by atoms with van der Waals surface area (Å²) >= 11 is 0. The highest BCUT2D eigenvalue weighted by molar-refractivity contribution is 5.90. The topological polar surface area (TPSA) is 40.5 Å². The maximum absolute atomic E-state index is 9.51. The molecule has 0 unspecified atom stereocenters. The molecule has 0 aliphatic heterocycles. The Labute approximate surface area is 76.1 Å². The van der Waals surface area contributed by atoms with Crippen LogP contribution in [0.1, 0.15) is 5.56 Å². The number of hydrogen-bond acceptors (Lipinski definition) is 2. The standard InChI is InChI=1S/C11H10O2/c12-7-8-3-1-5-10-9(8)4-2-6-11(10)13/h1-6,12-13H,7H2. The van der Waals surface area contributed by atoms with Crippen molar-refractivity contribution in [3.05, 3.63) is 42.0 Å². The van der Waals surface area contributed by atoms with E-state index in [1.54, 1.807) is 12.1 Å². The Hall–Kier alpha value is -1.54. The number of hydrogen-bond donors (Lipinski definition) is 2. The van der Waals surface area contributed by atoms with Crippen molar-refractivity contribution in [2.45, 2.75) is 6.61 Å². The lowest BCUT2D eigenvalue weighted by atomic mass is 10.0. The van der Waals surface area contributed by atoms with Crippen molar-refractivity contribution in [2.75, 3.05) is 0 Å². The average Bonchev–Trinajstić information content (AvgIpc) is 2.18. The van der Waals surface area contributed by atoms with E-state index in [0.29, 0.717) is 0 Å². The lowest BCUT2D eigenvalue weighted by Crippen LogP contribution is -1.84. The number of benzene rings is 2. The predicted molar refractivity (Wildman–Crippen MR) is 51.5 cm³/mol. The van der Waals surface area contributed by atoms with Gasteiger partial charge >= 0.3 is 0 Å². The Bertz CT molecular complexity index is 435. The molecule has 0 aliphatic carbocycles. The lowest BCUT2D eigenvalue weighted by Gasteiger charge is -2.04. The van der Waals surface area contributed by atoms with Crippen LogP contribution in [0.2, 0.25) is 0 Å². The van der Waals surface area contributed by atoms with Gasteiger partial charge < -0.3 is 10.2 Å². The third-order valence-electron chi connectivity index (χ3n) is 2.16. The number of fused-ring (bicyclic) bond motifs is 1. The van der Waals surface area contributed by atoms with Crippen LogP contribution in [-0.4, -0.2) is 10.2 Å². The van der Waals surface area contributed by atoms with E-state index in [9.17, 15) is 5.11 Å². The highest BCUT2D eigenvalue weighted by Gasteiger charge is 2.01. The summed E-state index contributed by atoms with van der Waals surface area (Å²) in [6.45, 7) is 0.000787. The van der Waals surface area contributed by atoms with Crippen LogP contribution in [0.5, 0.6) is 5.75 Å². The van der Waals surface area contributed by atoms with E-state index in [-0.39, 0.29) is 12.4 Å². The Kier molecular flexibility index (Phi) is 1.91. The minimum absolute atomic E-state index is 0.000787. The molecule has 2 aromatic rings. The average molecular weight is 174 g/mol. The van der Waals surface area contributed by atoms with Gasteiger partial charge in [0.15, 0.2) is 0 Å². The van der Waals surface area contributed by atoms with E-state index in [0.717, 1.165) is 16.3 Å². The first kappa shape index (κ1) is 8.08. The molecular weight excluding hydrogens is 164 g/mol. The zero-order valence-corrected chi connectivity index (χ0v) is 7.07. The molecule has 66 valence electrons. The minimum atomic E-state index is 0.000787. The van der Waals surface area contributed by atoms with Gasteiger partial charge in [0.2, 0.25) is 0 Å². The molecule has 2 N–H and O–H groups in total. The number of aromatic hydroxyl groups is 1. The third-order valence-corrected chi connectivity index (χ3v) is 2.16. The number of aliphatic hydroxyl groups excluding tert-OH is 1. The van der Waals surface area contributed by atoms with Crippen molar-refractivity contribution in [1.82, 2.24) is 0 Å². The smallest absolute Gasteiger partial charge is 0.123 e. The highest BCUT2D eigenvalue weighted by Crippen LogP contribution is 2.26. The van der Waals surface area contributed by atoms with Gasteiger partial charge in [-0.25, -0.2) is 0 Å². The normalized spacial score (nSPS) is 10.5. The van der Waals surface area contributed by atoms with E-state index in [1.165, 1.54) is 0 Å². The minimum Gasteiger partial charge on any atom is -0.507 e. The number of phenolic OH excluding ortho intramolecular Hbond substituents is 1. The molecule has 0 radical (unpaired) electrons. The Balaban J connectivity index is 2.84. The van der Waals surface area contributed by atoms with Crippen LogP contribution in [0.15, 0.2) is 36.4 Å². The molecule has 2 aromatic carbocycles. The SMILES string of the molecule is OCc1cccc2c(O)cccc12. The van der Waals surface area contributed by atoms with Gasteiger partial charge in [0.25, 0.3) is 0 Å². The molecule has 0 amide bonds. The largest absolute Gasteiger partial charge is 0.507 e.